The molecule has 1 heterocycles. The van der Waals surface area contributed by atoms with Crippen molar-refractivity contribution in [3.8, 4) is 5.75 Å². The van der Waals surface area contributed by atoms with Gasteiger partial charge in [-0.3, -0.25) is 5.01 Å². The van der Waals surface area contributed by atoms with E-state index in [1.54, 1.807) is 0 Å². The molecule has 2 aromatic carbocycles. The summed E-state index contributed by atoms with van der Waals surface area (Å²) in [7, 11) is -0.334. The number of hydrogen-bond donors (Lipinski definition) is 0. The van der Waals surface area contributed by atoms with Crippen molar-refractivity contribution in [2.75, 3.05) is 11.6 Å². The molecule has 3 rings (SSSR count). The lowest BCUT2D eigenvalue weighted by Gasteiger charge is -2.25. The molecule has 25 heavy (non-hydrogen) atoms. The van der Waals surface area contributed by atoms with Crippen molar-refractivity contribution in [1.29, 1.82) is 0 Å². The highest BCUT2D eigenvalue weighted by Gasteiger charge is 2.15. The molecule has 0 saturated heterocycles. The first-order valence-electron chi connectivity index (χ1n) is 8.84. The molecule has 0 atom stereocenters. The van der Waals surface area contributed by atoms with Gasteiger partial charge in [-0.1, -0.05) is 37.6 Å². The Labute approximate surface area is 150 Å². The van der Waals surface area contributed by atoms with Crippen molar-refractivity contribution >= 4 is 20.1 Å². The number of hydrazone groups is 1. The molecule has 1 aliphatic rings. The van der Waals surface area contributed by atoms with Gasteiger partial charge in [-0.2, -0.15) is 5.10 Å². The predicted octanol–water partition coefficient (Wildman–Crippen LogP) is 5.62. The minimum atomic E-state index is -0.334. The molecule has 0 fully saturated rings. The quantitative estimate of drug-likeness (QED) is 0.606. The smallest absolute Gasteiger partial charge is 0.395 e. The number of benzene rings is 2. The van der Waals surface area contributed by atoms with Crippen LogP contribution in [0.2, 0.25) is 0 Å². The van der Waals surface area contributed by atoms with E-state index in [1.807, 2.05) is 29.3 Å². The number of unbranched alkanes of at least 4 members (excludes halogenated alkanes) is 1. The van der Waals surface area contributed by atoms with Crippen LogP contribution in [0, 0.1) is 0 Å². The van der Waals surface area contributed by atoms with E-state index in [4.69, 9.17) is 9.63 Å². The van der Waals surface area contributed by atoms with E-state index in [9.17, 15) is 4.57 Å². The van der Waals surface area contributed by atoms with Crippen LogP contribution in [-0.4, -0.2) is 12.3 Å². The van der Waals surface area contributed by atoms with Gasteiger partial charge in [0.1, 0.15) is 5.75 Å². The van der Waals surface area contributed by atoms with E-state index >= 15 is 0 Å². The van der Waals surface area contributed by atoms with Crippen LogP contribution in [0.15, 0.2) is 53.6 Å². The summed E-state index contributed by atoms with van der Waals surface area (Å²) in [5.74, 6) is 0.587. The van der Waals surface area contributed by atoms with Crippen molar-refractivity contribution in [3.63, 3.8) is 0 Å². The van der Waals surface area contributed by atoms with E-state index in [1.165, 1.54) is 24.0 Å². The van der Waals surface area contributed by atoms with Gasteiger partial charge in [-0.25, -0.2) is 4.57 Å². The van der Waals surface area contributed by atoms with Gasteiger partial charge < -0.3 is 4.52 Å². The Morgan fingerprint density at radius 3 is 2.56 bits per heavy atom. The van der Waals surface area contributed by atoms with E-state index in [0.29, 0.717) is 5.75 Å². The van der Waals surface area contributed by atoms with Crippen LogP contribution in [0.3, 0.4) is 0 Å². The van der Waals surface area contributed by atoms with Gasteiger partial charge in [0, 0.05) is 6.54 Å². The Balaban J connectivity index is 1.74. The monoisotopic (exact) mass is 354 g/mol. The number of rotatable bonds is 7. The molecule has 1 aliphatic heterocycles. The van der Waals surface area contributed by atoms with Crippen molar-refractivity contribution < 1.29 is 9.09 Å². The normalized spacial score (nSPS) is 14.4. The standard InChI is InChI=1S/C20H23N2O2P/c1-2-3-5-16-7-9-17(10-8-16)20-6-4-15-22(21-20)18-11-13-19(14-12-18)24-25-23/h7-14H,2-6,15H2,1H3. The second kappa shape index (κ2) is 8.77. The molecule has 5 heteroatoms. The number of aryl methyl sites for hydroxylation is 1. The largest absolute Gasteiger partial charge is 0.408 e. The van der Waals surface area contributed by atoms with Gasteiger partial charge in [0.25, 0.3) is 0 Å². The van der Waals surface area contributed by atoms with Crippen molar-refractivity contribution in [3.05, 3.63) is 59.7 Å². The summed E-state index contributed by atoms with van der Waals surface area (Å²) >= 11 is 0. The zero-order valence-electron chi connectivity index (χ0n) is 14.5. The molecule has 0 bridgehead atoms. The lowest BCUT2D eigenvalue weighted by Crippen LogP contribution is -2.26. The SMILES string of the molecule is CCCCc1ccc(C2=NN(c3ccc(OP=O)cc3)CCC2)cc1. The molecular formula is C20H23N2O2P. The Morgan fingerprint density at radius 2 is 1.88 bits per heavy atom. The molecule has 0 aliphatic carbocycles. The maximum absolute atomic E-state index is 10.5. The summed E-state index contributed by atoms with van der Waals surface area (Å²) in [4.78, 5) is 0. The summed E-state index contributed by atoms with van der Waals surface area (Å²) in [5, 5.41) is 6.87. The van der Waals surface area contributed by atoms with Gasteiger partial charge >= 0.3 is 8.69 Å². The van der Waals surface area contributed by atoms with Crippen molar-refractivity contribution in [2.24, 2.45) is 5.10 Å². The second-order valence-corrected chi connectivity index (χ2v) is 6.57. The Morgan fingerprint density at radius 1 is 1.12 bits per heavy atom. The lowest BCUT2D eigenvalue weighted by atomic mass is 10.0. The first-order valence-corrected chi connectivity index (χ1v) is 9.57. The highest BCUT2D eigenvalue weighted by molar-refractivity contribution is 7.17. The third kappa shape index (κ3) is 4.67. The minimum absolute atomic E-state index is 0.334. The summed E-state index contributed by atoms with van der Waals surface area (Å²) in [6, 6.07) is 16.3. The molecule has 0 amide bonds. The molecule has 0 unspecified atom stereocenters. The zero-order chi connectivity index (χ0) is 17.5. The van der Waals surface area contributed by atoms with Gasteiger partial charge in [0.15, 0.2) is 0 Å². The third-order valence-corrected chi connectivity index (χ3v) is 4.69. The highest BCUT2D eigenvalue weighted by atomic mass is 31.1. The average molecular weight is 354 g/mol. The van der Waals surface area contributed by atoms with Crippen LogP contribution in [0.5, 0.6) is 5.75 Å². The van der Waals surface area contributed by atoms with Crippen molar-refractivity contribution in [1.82, 2.24) is 0 Å². The molecule has 130 valence electrons. The van der Waals surface area contributed by atoms with Crippen LogP contribution < -0.4 is 9.53 Å². The average Bonchev–Trinajstić information content (AvgIpc) is 2.68. The number of anilines is 1. The zero-order valence-corrected chi connectivity index (χ0v) is 15.4. The molecule has 2 aromatic rings. The summed E-state index contributed by atoms with van der Waals surface area (Å²) in [6.45, 7) is 3.12. The minimum Gasteiger partial charge on any atom is -0.408 e. The topological polar surface area (TPSA) is 41.9 Å². The molecule has 0 aromatic heterocycles. The van der Waals surface area contributed by atoms with Crippen LogP contribution in [0.25, 0.3) is 0 Å². The summed E-state index contributed by atoms with van der Waals surface area (Å²) in [6.07, 6.45) is 5.68. The molecule has 0 N–H and O–H groups in total. The van der Waals surface area contributed by atoms with E-state index in [-0.39, 0.29) is 8.69 Å². The second-order valence-electron chi connectivity index (χ2n) is 6.23. The lowest BCUT2D eigenvalue weighted by molar-refractivity contribution is 0.525. The molecule has 4 nitrogen and oxygen atoms in total. The fourth-order valence-corrected chi connectivity index (χ4v) is 3.21. The molecule has 0 radical (unpaired) electrons. The Bertz CT molecular complexity index is 726. The maximum Gasteiger partial charge on any atom is 0.395 e. The number of hydrogen-bond acceptors (Lipinski definition) is 4. The van der Waals surface area contributed by atoms with Crippen LogP contribution in [0.1, 0.15) is 43.7 Å². The third-order valence-electron chi connectivity index (χ3n) is 4.41. The van der Waals surface area contributed by atoms with Crippen LogP contribution >= 0.6 is 8.69 Å². The van der Waals surface area contributed by atoms with Gasteiger partial charge in [-0.05, 0) is 61.1 Å². The molecule has 0 saturated carbocycles. The van der Waals surface area contributed by atoms with E-state index in [2.05, 4.69) is 31.2 Å². The van der Waals surface area contributed by atoms with E-state index in [0.717, 1.165) is 37.2 Å². The Hall–Kier alpha value is -2.19. The van der Waals surface area contributed by atoms with E-state index < -0.39 is 0 Å². The molecule has 0 spiro atoms. The fourth-order valence-electron chi connectivity index (χ4n) is 3.00. The first kappa shape index (κ1) is 17.6. The first-order chi connectivity index (χ1) is 12.3. The van der Waals surface area contributed by atoms with Gasteiger partial charge in [0.2, 0.25) is 0 Å². The fraction of sp³-hybridized carbons (Fsp3) is 0.350. The van der Waals surface area contributed by atoms with Crippen molar-refractivity contribution in [2.45, 2.75) is 39.0 Å². The summed E-state index contributed by atoms with van der Waals surface area (Å²) in [5.41, 5.74) is 4.75. The maximum atomic E-state index is 10.5. The van der Waals surface area contributed by atoms with Gasteiger partial charge in [-0.15, -0.1) is 0 Å². The highest BCUT2D eigenvalue weighted by Crippen LogP contribution is 2.25. The molecular weight excluding hydrogens is 331 g/mol. The summed E-state index contributed by atoms with van der Waals surface area (Å²) < 4.78 is 15.4. The predicted molar refractivity (Wildman–Crippen MR) is 103 cm³/mol. The van der Waals surface area contributed by atoms with Crippen LogP contribution in [0.4, 0.5) is 5.69 Å². The Kier molecular flexibility index (Phi) is 6.19. The van der Waals surface area contributed by atoms with Gasteiger partial charge in [0.05, 0.1) is 11.4 Å². The van der Waals surface area contributed by atoms with Crippen LogP contribution in [-0.2, 0) is 11.0 Å². The number of nitrogens with zero attached hydrogens (tertiary/aromatic N) is 2.